The summed E-state index contributed by atoms with van der Waals surface area (Å²) in [5.74, 6) is 0.196. The third-order valence-electron chi connectivity index (χ3n) is 3.46. The molecular weight excluding hydrogens is 356 g/mol. The van der Waals surface area contributed by atoms with Gasteiger partial charge in [-0.2, -0.15) is 0 Å². The number of aryl methyl sites for hydroxylation is 1. The van der Waals surface area contributed by atoms with Crippen molar-refractivity contribution >= 4 is 21.6 Å². The van der Waals surface area contributed by atoms with Crippen LogP contribution in [0.5, 0.6) is 0 Å². The van der Waals surface area contributed by atoms with Gasteiger partial charge in [0, 0.05) is 24.0 Å². The molecule has 0 aliphatic rings. The molecule has 0 radical (unpaired) electrons. The Morgan fingerprint density at radius 1 is 1.12 bits per heavy atom. The molecule has 1 amide bonds. The molecular formula is C17H16N4O4S. The van der Waals surface area contributed by atoms with E-state index in [4.69, 9.17) is 4.52 Å². The Kier molecular flexibility index (Phi) is 4.99. The summed E-state index contributed by atoms with van der Waals surface area (Å²) in [6.45, 7) is 1.98. The van der Waals surface area contributed by atoms with Gasteiger partial charge in [-0.25, -0.2) is 8.42 Å². The van der Waals surface area contributed by atoms with Gasteiger partial charge in [0.1, 0.15) is 0 Å². The van der Waals surface area contributed by atoms with E-state index in [9.17, 15) is 13.2 Å². The van der Waals surface area contributed by atoms with Crippen molar-refractivity contribution < 1.29 is 17.7 Å². The van der Waals surface area contributed by atoms with Crippen LogP contribution in [-0.4, -0.2) is 24.5 Å². The number of rotatable bonds is 6. The number of aromatic nitrogens is 2. The van der Waals surface area contributed by atoms with Gasteiger partial charge < -0.3 is 9.84 Å². The van der Waals surface area contributed by atoms with Gasteiger partial charge in [0.05, 0.1) is 22.8 Å². The molecule has 0 fully saturated rings. The third-order valence-corrected chi connectivity index (χ3v) is 4.86. The number of carbonyl (C=O) groups is 1. The molecule has 0 unspecified atom stereocenters. The van der Waals surface area contributed by atoms with Crippen molar-refractivity contribution in [3.63, 3.8) is 0 Å². The van der Waals surface area contributed by atoms with E-state index in [-0.39, 0.29) is 17.3 Å². The monoisotopic (exact) mass is 372 g/mol. The number of amides is 1. The molecule has 0 bridgehead atoms. The Bertz CT molecular complexity index is 999. The van der Waals surface area contributed by atoms with Gasteiger partial charge >= 0.3 is 0 Å². The molecule has 0 spiro atoms. The summed E-state index contributed by atoms with van der Waals surface area (Å²) in [5, 5.41) is 6.42. The lowest BCUT2D eigenvalue weighted by Gasteiger charge is -2.08. The highest BCUT2D eigenvalue weighted by Gasteiger charge is 2.15. The van der Waals surface area contributed by atoms with Crippen molar-refractivity contribution in [3.8, 4) is 0 Å². The number of nitrogens with zero attached hydrogens (tertiary/aromatic N) is 2. The molecule has 8 nitrogen and oxygen atoms in total. The highest BCUT2D eigenvalue weighted by atomic mass is 32.2. The topological polar surface area (TPSA) is 114 Å². The lowest BCUT2D eigenvalue weighted by molar-refractivity contribution is 0.0947. The van der Waals surface area contributed by atoms with Gasteiger partial charge in [-0.15, -0.1) is 0 Å². The van der Waals surface area contributed by atoms with Crippen molar-refractivity contribution in [3.05, 3.63) is 71.9 Å². The molecule has 9 heteroatoms. The molecule has 0 atom stereocenters. The van der Waals surface area contributed by atoms with E-state index in [2.05, 4.69) is 20.2 Å². The highest BCUT2D eigenvalue weighted by molar-refractivity contribution is 7.92. The van der Waals surface area contributed by atoms with Crippen LogP contribution in [0.3, 0.4) is 0 Å². The number of sulfonamides is 1. The minimum atomic E-state index is -3.74. The summed E-state index contributed by atoms with van der Waals surface area (Å²) in [6.07, 6.45) is 2.97. The largest absolute Gasteiger partial charge is 0.359 e. The van der Waals surface area contributed by atoms with Gasteiger partial charge in [-0.05, 0) is 43.3 Å². The molecule has 2 N–H and O–H groups in total. The summed E-state index contributed by atoms with van der Waals surface area (Å²) < 4.78 is 32.1. The second-order valence-corrected chi connectivity index (χ2v) is 7.17. The van der Waals surface area contributed by atoms with Gasteiger partial charge in [0.25, 0.3) is 15.9 Å². The first-order valence-corrected chi connectivity index (χ1v) is 9.16. The Morgan fingerprint density at radius 3 is 2.42 bits per heavy atom. The average Bonchev–Trinajstić information content (AvgIpc) is 3.05. The molecule has 2 heterocycles. The van der Waals surface area contributed by atoms with Gasteiger partial charge in [-0.1, -0.05) is 5.16 Å². The van der Waals surface area contributed by atoms with Crippen molar-refractivity contribution in [1.29, 1.82) is 0 Å². The summed E-state index contributed by atoms with van der Waals surface area (Å²) >= 11 is 0. The molecule has 3 aromatic rings. The minimum Gasteiger partial charge on any atom is -0.359 e. The fourth-order valence-corrected chi connectivity index (χ4v) is 3.25. The third kappa shape index (κ3) is 4.25. The van der Waals surface area contributed by atoms with Crippen LogP contribution in [0.4, 0.5) is 5.69 Å². The molecule has 26 heavy (non-hydrogen) atoms. The number of anilines is 1. The van der Waals surface area contributed by atoms with E-state index in [1.54, 1.807) is 25.1 Å². The van der Waals surface area contributed by atoms with Crippen LogP contribution in [0, 0.1) is 6.92 Å². The maximum atomic E-state index is 12.3. The first-order chi connectivity index (χ1) is 12.4. The summed E-state index contributed by atoms with van der Waals surface area (Å²) in [7, 11) is -3.74. The zero-order valence-electron chi connectivity index (χ0n) is 13.8. The fourth-order valence-electron chi connectivity index (χ4n) is 2.19. The van der Waals surface area contributed by atoms with Crippen LogP contribution in [0.2, 0.25) is 0 Å². The SMILES string of the molecule is Cc1cc(CNC(=O)c2ccc(S(=O)(=O)Nc3ccncc3)cc2)on1. The minimum absolute atomic E-state index is 0.0525. The van der Waals surface area contributed by atoms with Gasteiger partial charge in [0.2, 0.25) is 0 Å². The van der Waals surface area contributed by atoms with E-state index in [1.165, 1.54) is 36.7 Å². The van der Waals surface area contributed by atoms with Gasteiger partial charge in [-0.3, -0.25) is 14.5 Å². The lowest BCUT2D eigenvalue weighted by Crippen LogP contribution is -2.22. The first kappa shape index (κ1) is 17.6. The number of hydrogen-bond donors (Lipinski definition) is 2. The zero-order chi connectivity index (χ0) is 18.6. The quantitative estimate of drug-likeness (QED) is 0.685. The van der Waals surface area contributed by atoms with Crippen molar-refractivity contribution in [1.82, 2.24) is 15.5 Å². The van der Waals surface area contributed by atoms with Crippen LogP contribution in [0.1, 0.15) is 21.8 Å². The first-order valence-electron chi connectivity index (χ1n) is 7.67. The zero-order valence-corrected chi connectivity index (χ0v) is 14.7. The molecule has 0 aliphatic carbocycles. The summed E-state index contributed by atoms with van der Waals surface area (Å²) in [4.78, 5) is 16.0. The number of benzene rings is 1. The molecule has 2 aromatic heterocycles. The van der Waals surface area contributed by atoms with E-state index in [0.717, 1.165) is 5.69 Å². The van der Waals surface area contributed by atoms with Crippen LogP contribution < -0.4 is 10.0 Å². The van der Waals surface area contributed by atoms with Gasteiger partial charge in [0.15, 0.2) is 5.76 Å². The summed E-state index contributed by atoms with van der Waals surface area (Å²) in [5.41, 5.74) is 1.47. The molecule has 134 valence electrons. The van der Waals surface area contributed by atoms with Crippen molar-refractivity contribution in [2.45, 2.75) is 18.4 Å². The molecule has 3 rings (SSSR count). The lowest BCUT2D eigenvalue weighted by atomic mass is 10.2. The maximum absolute atomic E-state index is 12.3. The molecule has 0 saturated heterocycles. The van der Waals surface area contributed by atoms with Crippen molar-refractivity contribution in [2.75, 3.05) is 4.72 Å². The predicted molar refractivity (Wildman–Crippen MR) is 93.9 cm³/mol. The van der Waals surface area contributed by atoms with Crippen molar-refractivity contribution in [2.24, 2.45) is 0 Å². The Morgan fingerprint density at radius 2 is 1.81 bits per heavy atom. The second-order valence-electron chi connectivity index (χ2n) is 5.48. The normalized spacial score (nSPS) is 11.1. The average molecular weight is 372 g/mol. The Labute approximate surface area is 150 Å². The summed E-state index contributed by atoms with van der Waals surface area (Å²) in [6, 6.07) is 10.5. The second kappa shape index (κ2) is 7.36. The van der Waals surface area contributed by atoms with E-state index < -0.39 is 10.0 Å². The number of carbonyl (C=O) groups excluding carboxylic acids is 1. The predicted octanol–water partition coefficient (Wildman–Crippen LogP) is 2.11. The van der Waals surface area contributed by atoms with Crippen LogP contribution >= 0.6 is 0 Å². The maximum Gasteiger partial charge on any atom is 0.261 e. The van der Waals surface area contributed by atoms with Crippen LogP contribution in [0.15, 0.2) is 64.3 Å². The van der Waals surface area contributed by atoms with Crippen LogP contribution in [0.25, 0.3) is 0 Å². The molecule has 0 saturated carbocycles. The Balaban J connectivity index is 1.66. The number of pyridine rings is 1. The van der Waals surface area contributed by atoms with E-state index in [0.29, 0.717) is 17.0 Å². The van der Waals surface area contributed by atoms with Crippen LogP contribution in [-0.2, 0) is 16.6 Å². The van der Waals surface area contributed by atoms with E-state index in [1.807, 2.05) is 0 Å². The Hall–Kier alpha value is -3.20. The standard InChI is InChI=1S/C17H16N4O4S/c1-12-10-15(25-20-12)11-19-17(22)13-2-4-16(5-3-13)26(23,24)21-14-6-8-18-9-7-14/h2-10H,11H2,1H3,(H,18,21)(H,19,22). The highest BCUT2D eigenvalue weighted by Crippen LogP contribution is 2.16. The molecule has 0 aliphatic heterocycles. The number of hydrogen-bond acceptors (Lipinski definition) is 6. The molecule has 1 aromatic carbocycles. The van der Waals surface area contributed by atoms with E-state index >= 15 is 0 Å². The smallest absolute Gasteiger partial charge is 0.261 e. The number of nitrogens with one attached hydrogen (secondary N) is 2. The fraction of sp³-hybridized carbons (Fsp3) is 0.118.